The molecule has 0 N–H and O–H groups in total. The van der Waals surface area contributed by atoms with E-state index in [4.69, 9.17) is 0 Å². The highest BCUT2D eigenvalue weighted by atomic mass is 32.1. The molecule has 4 heterocycles. The monoisotopic (exact) mass is 446 g/mol. The van der Waals surface area contributed by atoms with Gasteiger partial charge in [0, 0.05) is 52.4 Å². The first-order chi connectivity index (χ1) is 15.1. The van der Waals surface area contributed by atoms with Crippen molar-refractivity contribution < 1.29 is 14.4 Å². The lowest BCUT2D eigenvalue weighted by Crippen LogP contribution is -2.54. The summed E-state index contributed by atoms with van der Waals surface area (Å²) in [4.78, 5) is 47.2. The molecule has 0 aliphatic carbocycles. The average Bonchev–Trinajstić information content (AvgIpc) is 3.20. The Morgan fingerprint density at radius 3 is 2.23 bits per heavy atom. The molecule has 0 radical (unpaired) electrons. The van der Waals surface area contributed by atoms with Crippen molar-refractivity contribution in [2.45, 2.75) is 38.5 Å². The lowest BCUT2D eigenvalue weighted by molar-refractivity contribution is -0.139. The smallest absolute Gasteiger partial charge is 0.263 e. The Labute approximate surface area is 189 Å². The third kappa shape index (κ3) is 5.66. The first kappa shape index (κ1) is 22.3. The summed E-state index contributed by atoms with van der Waals surface area (Å²) in [6.07, 6.45) is 6.39. The van der Waals surface area contributed by atoms with Gasteiger partial charge in [0.05, 0.1) is 17.3 Å². The molecule has 170 valence electrons. The van der Waals surface area contributed by atoms with Crippen LogP contribution in [0.15, 0.2) is 17.5 Å². The molecule has 0 aromatic carbocycles. The second kappa shape index (κ2) is 10.6. The molecule has 1 aromatic heterocycles. The van der Waals surface area contributed by atoms with Gasteiger partial charge in [0.1, 0.15) is 0 Å². The largest absolute Gasteiger partial charge is 0.342 e. The minimum atomic E-state index is -0.108. The van der Waals surface area contributed by atoms with Crippen LogP contribution in [0.1, 0.15) is 48.2 Å². The van der Waals surface area contributed by atoms with Crippen LogP contribution in [0.5, 0.6) is 0 Å². The number of carbonyl (C=O) groups excluding carboxylic acids is 3. The minimum Gasteiger partial charge on any atom is -0.342 e. The van der Waals surface area contributed by atoms with Crippen molar-refractivity contribution in [3.8, 4) is 0 Å². The molecule has 31 heavy (non-hydrogen) atoms. The summed E-state index contributed by atoms with van der Waals surface area (Å²) < 4.78 is 0. The van der Waals surface area contributed by atoms with Crippen molar-refractivity contribution in [3.05, 3.63) is 22.4 Å². The number of piperazine rings is 1. The molecule has 1 unspecified atom stereocenters. The van der Waals surface area contributed by atoms with E-state index in [0.29, 0.717) is 26.2 Å². The average molecular weight is 447 g/mol. The van der Waals surface area contributed by atoms with E-state index in [2.05, 4.69) is 4.90 Å². The molecule has 0 saturated carbocycles. The third-order valence-corrected chi connectivity index (χ3v) is 7.65. The van der Waals surface area contributed by atoms with Gasteiger partial charge >= 0.3 is 0 Å². The zero-order chi connectivity index (χ0) is 21.6. The molecule has 1 atom stereocenters. The molecule has 8 heteroatoms. The van der Waals surface area contributed by atoms with Crippen LogP contribution in [0.25, 0.3) is 0 Å². The van der Waals surface area contributed by atoms with Crippen LogP contribution in [-0.4, -0.2) is 96.2 Å². The SMILES string of the molecule is O=C(CN1CCN(C(=O)C2CCCN(C(=O)c3cccs3)C2)CC1)N1CCCCCC1. The second-order valence-electron chi connectivity index (χ2n) is 8.96. The predicted octanol–water partition coefficient (Wildman–Crippen LogP) is 2.15. The number of rotatable bonds is 4. The van der Waals surface area contributed by atoms with Gasteiger partial charge in [0.15, 0.2) is 0 Å². The molecule has 4 rings (SSSR count). The van der Waals surface area contributed by atoms with Gasteiger partial charge in [-0.2, -0.15) is 0 Å². The number of nitrogens with zero attached hydrogens (tertiary/aromatic N) is 4. The second-order valence-corrected chi connectivity index (χ2v) is 9.91. The van der Waals surface area contributed by atoms with E-state index < -0.39 is 0 Å². The summed E-state index contributed by atoms with van der Waals surface area (Å²) in [6.45, 7) is 6.32. The zero-order valence-corrected chi connectivity index (χ0v) is 19.2. The minimum absolute atomic E-state index is 0.0457. The van der Waals surface area contributed by atoms with E-state index in [1.807, 2.05) is 32.2 Å². The van der Waals surface area contributed by atoms with Crippen molar-refractivity contribution in [1.29, 1.82) is 0 Å². The number of piperidine rings is 1. The molecule has 0 spiro atoms. The van der Waals surface area contributed by atoms with Gasteiger partial charge in [-0.15, -0.1) is 11.3 Å². The fraction of sp³-hybridized carbons (Fsp3) is 0.696. The number of hydrogen-bond acceptors (Lipinski definition) is 5. The van der Waals surface area contributed by atoms with Crippen LogP contribution in [0.2, 0.25) is 0 Å². The summed E-state index contributed by atoms with van der Waals surface area (Å²) in [5, 5.41) is 1.91. The molecule has 3 aliphatic heterocycles. The van der Waals surface area contributed by atoms with E-state index in [1.54, 1.807) is 0 Å². The maximum Gasteiger partial charge on any atom is 0.263 e. The lowest BCUT2D eigenvalue weighted by atomic mass is 9.96. The van der Waals surface area contributed by atoms with Crippen LogP contribution in [0.3, 0.4) is 0 Å². The highest BCUT2D eigenvalue weighted by Crippen LogP contribution is 2.23. The van der Waals surface area contributed by atoms with E-state index in [0.717, 1.165) is 63.3 Å². The first-order valence-electron chi connectivity index (χ1n) is 11.7. The number of likely N-dealkylation sites (tertiary alicyclic amines) is 2. The Morgan fingerprint density at radius 1 is 0.839 bits per heavy atom. The van der Waals surface area contributed by atoms with E-state index in [9.17, 15) is 14.4 Å². The summed E-state index contributed by atoms with van der Waals surface area (Å²) in [5.41, 5.74) is 0. The predicted molar refractivity (Wildman–Crippen MR) is 121 cm³/mol. The van der Waals surface area contributed by atoms with Crippen molar-refractivity contribution in [1.82, 2.24) is 19.6 Å². The topological polar surface area (TPSA) is 64.2 Å². The highest BCUT2D eigenvalue weighted by molar-refractivity contribution is 7.12. The van der Waals surface area contributed by atoms with E-state index in [1.165, 1.54) is 24.2 Å². The fourth-order valence-corrected chi connectivity index (χ4v) is 5.61. The zero-order valence-electron chi connectivity index (χ0n) is 18.3. The van der Waals surface area contributed by atoms with Gasteiger partial charge in [0.25, 0.3) is 5.91 Å². The Bertz CT molecular complexity index is 753. The standard InChI is InChI=1S/C23H34N4O3S/c28-21(25-9-3-1-2-4-10-25)18-24-12-14-26(15-13-24)22(29)19-7-5-11-27(17-19)23(30)20-8-6-16-31-20/h6,8,16,19H,1-5,7,9-15,17-18H2. The molecule has 3 amide bonds. The molecule has 7 nitrogen and oxygen atoms in total. The van der Waals surface area contributed by atoms with E-state index in [-0.39, 0.29) is 23.6 Å². The van der Waals surface area contributed by atoms with Gasteiger partial charge in [-0.1, -0.05) is 18.9 Å². The third-order valence-electron chi connectivity index (χ3n) is 6.79. The molecule has 3 aliphatic rings. The maximum atomic E-state index is 13.1. The maximum absolute atomic E-state index is 13.1. The van der Waals surface area contributed by atoms with E-state index >= 15 is 0 Å². The molecular weight excluding hydrogens is 412 g/mol. The number of carbonyl (C=O) groups is 3. The molecule has 3 fully saturated rings. The van der Waals surface area contributed by atoms with Crippen molar-refractivity contribution in [2.24, 2.45) is 5.92 Å². The van der Waals surface area contributed by atoms with Crippen molar-refractivity contribution in [2.75, 3.05) is 58.9 Å². The summed E-state index contributed by atoms with van der Waals surface area (Å²) in [6, 6.07) is 3.74. The number of hydrogen-bond donors (Lipinski definition) is 0. The van der Waals surface area contributed by atoms with Crippen LogP contribution in [-0.2, 0) is 9.59 Å². The Hall–Kier alpha value is -1.93. The number of thiophene rings is 1. The van der Waals surface area contributed by atoms with Crippen molar-refractivity contribution >= 4 is 29.1 Å². The Morgan fingerprint density at radius 2 is 1.55 bits per heavy atom. The first-order valence-corrected chi connectivity index (χ1v) is 12.6. The molecule has 3 saturated heterocycles. The quantitative estimate of drug-likeness (QED) is 0.711. The van der Waals surface area contributed by atoms with Crippen LogP contribution in [0.4, 0.5) is 0 Å². The Balaban J connectivity index is 1.24. The Kier molecular flexibility index (Phi) is 7.61. The summed E-state index contributed by atoms with van der Waals surface area (Å²) in [7, 11) is 0. The molecule has 1 aromatic rings. The van der Waals surface area contributed by atoms with Crippen LogP contribution < -0.4 is 0 Å². The van der Waals surface area contributed by atoms with Crippen LogP contribution in [0, 0.1) is 5.92 Å². The van der Waals surface area contributed by atoms with Gasteiger partial charge in [-0.05, 0) is 37.1 Å². The normalized spacial score (nSPS) is 23.5. The molecule has 0 bridgehead atoms. The van der Waals surface area contributed by atoms with Crippen LogP contribution >= 0.6 is 11.3 Å². The van der Waals surface area contributed by atoms with Crippen molar-refractivity contribution in [3.63, 3.8) is 0 Å². The molecular formula is C23H34N4O3S. The van der Waals surface area contributed by atoms with Gasteiger partial charge in [0.2, 0.25) is 11.8 Å². The van der Waals surface area contributed by atoms with Gasteiger partial charge < -0.3 is 14.7 Å². The van der Waals surface area contributed by atoms with Gasteiger partial charge in [-0.3, -0.25) is 19.3 Å². The fourth-order valence-electron chi connectivity index (χ4n) is 4.92. The lowest BCUT2D eigenvalue weighted by Gasteiger charge is -2.39. The highest BCUT2D eigenvalue weighted by Gasteiger charge is 2.33. The summed E-state index contributed by atoms with van der Waals surface area (Å²) >= 11 is 1.46. The number of amides is 3. The summed E-state index contributed by atoms with van der Waals surface area (Å²) in [5.74, 6) is 0.339. The van der Waals surface area contributed by atoms with Gasteiger partial charge in [-0.25, -0.2) is 0 Å².